The molecule has 0 bridgehead atoms. The second-order valence-electron chi connectivity index (χ2n) is 6.27. The molecule has 0 amide bonds. The van der Waals surface area contributed by atoms with E-state index >= 15 is 0 Å². The maximum absolute atomic E-state index is 12.2. The monoisotopic (exact) mass is 426 g/mol. The van der Waals surface area contributed by atoms with E-state index in [-0.39, 0.29) is 30.3 Å². The van der Waals surface area contributed by atoms with Crippen LogP contribution in [0.5, 0.6) is 11.5 Å². The summed E-state index contributed by atoms with van der Waals surface area (Å²) in [5, 5.41) is 0. The maximum atomic E-state index is 12.2. The van der Waals surface area contributed by atoms with E-state index in [0.29, 0.717) is 24.2 Å². The van der Waals surface area contributed by atoms with E-state index in [9.17, 15) is 19.2 Å². The zero-order valence-electron chi connectivity index (χ0n) is 17.0. The van der Waals surface area contributed by atoms with Gasteiger partial charge >= 0.3 is 18.1 Å². The number of carbonyl (C=O) groups excluding carboxylic acids is 4. The van der Waals surface area contributed by atoms with Crippen molar-refractivity contribution in [1.29, 1.82) is 0 Å². The Morgan fingerprint density at radius 1 is 0.774 bits per heavy atom. The van der Waals surface area contributed by atoms with Crippen molar-refractivity contribution in [3.63, 3.8) is 0 Å². The molecule has 0 aliphatic rings. The number of Topliss-reactive ketones (excluding diaryl/α,β-unsaturated/α-hetero) is 1. The van der Waals surface area contributed by atoms with Gasteiger partial charge in [-0.15, -0.1) is 0 Å². The lowest BCUT2D eigenvalue weighted by atomic mass is 10.1. The average molecular weight is 426 g/mol. The van der Waals surface area contributed by atoms with E-state index < -0.39 is 18.1 Å². The summed E-state index contributed by atoms with van der Waals surface area (Å²) in [5.41, 5.74) is 0.773. The summed E-state index contributed by atoms with van der Waals surface area (Å²) >= 11 is 0. The number of ketones is 1. The van der Waals surface area contributed by atoms with Crippen LogP contribution in [0.25, 0.3) is 0 Å². The Hall–Kier alpha value is -3.94. The van der Waals surface area contributed by atoms with Crippen LogP contribution in [0.3, 0.4) is 0 Å². The van der Waals surface area contributed by atoms with Gasteiger partial charge in [-0.25, -0.2) is 14.4 Å². The maximum Gasteiger partial charge on any atom is 0.513 e. The Balaban J connectivity index is 1.74. The number of hydrogen-bond donors (Lipinski definition) is 0. The zero-order chi connectivity index (χ0) is 22.6. The Bertz CT molecular complexity index is 929. The van der Waals surface area contributed by atoms with Crippen molar-refractivity contribution in [2.75, 3.05) is 13.2 Å². The van der Waals surface area contributed by atoms with Crippen molar-refractivity contribution >= 4 is 23.9 Å². The minimum atomic E-state index is -0.885. The molecule has 8 nitrogen and oxygen atoms in total. The lowest BCUT2D eigenvalue weighted by Gasteiger charge is -2.07. The van der Waals surface area contributed by atoms with Gasteiger partial charge in [-0.05, 0) is 68.3 Å². The van der Waals surface area contributed by atoms with Crippen LogP contribution in [0.2, 0.25) is 0 Å². The average Bonchev–Trinajstić information content (AvgIpc) is 2.76. The summed E-state index contributed by atoms with van der Waals surface area (Å²) in [7, 11) is 0. The van der Waals surface area contributed by atoms with E-state index in [1.54, 1.807) is 12.1 Å². The molecule has 0 fully saturated rings. The van der Waals surface area contributed by atoms with E-state index in [1.807, 2.05) is 0 Å². The smallest absolute Gasteiger partial charge is 0.463 e. The van der Waals surface area contributed by atoms with Crippen LogP contribution in [0, 0.1) is 0 Å². The van der Waals surface area contributed by atoms with Crippen molar-refractivity contribution in [3.8, 4) is 11.5 Å². The fraction of sp³-hybridized carbons (Fsp3) is 0.217. The molecular formula is C23H22O8. The van der Waals surface area contributed by atoms with Gasteiger partial charge in [0.15, 0.2) is 5.78 Å². The molecule has 0 aliphatic carbocycles. The normalized spacial score (nSPS) is 9.97. The highest BCUT2D eigenvalue weighted by Crippen LogP contribution is 2.17. The highest BCUT2D eigenvalue weighted by atomic mass is 16.7. The molecule has 0 spiro atoms. The van der Waals surface area contributed by atoms with Gasteiger partial charge in [-0.2, -0.15) is 0 Å². The van der Waals surface area contributed by atoms with E-state index in [2.05, 4.69) is 6.58 Å². The highest BCUT2D eigenvalue weighted by Gasteiger charge is 2.11. The number of esters is 2. The van der Waals surface area contributed by atoms with Crippen molar-refractivity contribution in [1.82, 2.24) is 0 Å². The summed E-state index contributed by atoms with van der Waals surface area (Å²) in [5.74, 6) is -0.674. The van der Waals surface area contributed by atoms with Gasteiger partial charge in [0, 0.05) is 11.6 Å². The van der Waals surface area contributed by atoms with Gasteiger partial charge in [-0.1, -0.05) is 6.58 Å². The summed E-state index contributed by atoms with van der Waals surface area (Å²) < 4.78 is 20.0. The number of rotatable bonds is 10. The van der Waals surface area contributed by atoms with Crippen molar-refractivity contribution in [2.45, 2.75) is 19.8 Å². The molecule has 0 saturated carbocycles. The van der Waals surface area contributed by atoms with Gasteiger partial charge in [0.1, 0.15) is 11.5 Å². The second-order valence-corrected chi connectivity index (χ2v) is 6.27. The van der Waals surface area contributed by atoms with Crippen molar-refractivity contribution in [3.05, 3.63) is 72.3 Å². The first-order valence-electron chi connectivity index (χ1n) is 9.46. The first-order chi connectivity index (χ1) is 14.9. The lowest BCUT2D eigenvalue weighted by molar-refractivity contribution is -0.137. The standard InChI is InChI=1S/C23H22O8/c1-3-21(25)28-14-4-5-15-29-23(27)31-20-12-8-18(9-13-20)22(26)30-19-10-6-17(7-11-19)16(2)24/h3,6-13H,1,4-5,14-15H2,2H3. The number of unbranched alkanes of at least 4 members (excludes halogenated alkanes) is 1. The fourth-order valence-corrected chi connectivity index (χ4v) is 2.30. The fourth-order valence-electron chi connectivity index (χ4n) is 2.30. The minimum absolute atomic E-state index is 0.0824. The SMILES string of the molecule is C=CC(=O)OCCCCOC(=O)Oc1ccc(C(=O)Oc2ccc(C(C)=O)cc2)cc1. The van der Waals surface area contributed by atoms with E-state index in [4.69, 9.17) is 18.9 Å². The molecule has 0 heterocycles. The van der Waals surface area contributed by atoms with Crippen LogP contribution < -0.4 is 9.47 Å². The predicted octanol–water partition coefficient (Wildman–Crippen LogP) is 4.13. The number of ether oxygens (including phenoxy) is 4. The molecule has 8 heteroatoms. The molecule has 2 rings (SSSR count). The summed E-state index contributed by atoms with van der Waals surface area (Å²) in [6.45, 7) is 5.05. The molecule has 0 aliphatic heterocycles. The summed E-state index contributed by atoms with van der Waals surface area (Å²) in [4.78, 5) is 46.0. The first-order valence-corrected chi connectivity index (χ1v) is 9.46. The molecule has 31 heavy (non-hydrogen) atoms. The largest absolute Gasteiger partial charge is 0.513 e. The molecule has 0 radical (unpaired) electrons. The summed E-state index contributed by atoms with van der Waals surface area (Å²) in [6, 6.07) is 12.0. The topological polar surface area (TPSA) is 105 Å². The minimum Gasteiger partial charge on any atom is -0.463 e. The molecule has 0 atom stereocenters. The predicted molar refractivity (Wildman–Crippen MR) is 110 cm³/mol. The molecule has 0 N–H and O–H groups in total. The Morgan fingerprint density at radius 2 is 1.29 bits per heavy atom. The Morgan fingerprint density at radius 3 is 1.84 bits per heavy atom. The molecule has 0 saturated heterocycles. The Labute approximate surface area is 179 Å². The molecule has 2 aromatic rings. The second kappa shape index (κ2) is 11.9. The van der Waals surface area contributed by atoms with E-state index in [0.717, 1.165) is 6.08 Å². The molecule has 0 unspecified atom stereocenters. The van der Waals surface area contributed by atoms with Gasteiger partial charge in [0.05, 0.1) is 18.8 Å². The third kappa shape index (κ3) is 8.14. The molecule has 0 aromatic heterocycles. The quantitative estimate of drug-likeness (QED) is 0.139. The van der Waals surface area contributed by atoms with Crippen molar-refractivity contribution in [2.24, 2.45) is 0 Å². The van der Waals surface area contributed by atoms with Gasteiger partial charge < -0.3 is 18.9 Å². The van der Waals surface area contributed by atoms with Crippen LogP contribution in [0.1, 0.15) is 40.5 Å². The van der Waals surface area contributed by atoms with Crippen LogP contribution in [0.4, 0.5) is 4.79 Å². The molecular weight excluding hydrogens is 404 g/mol. The lowest BCUT2D eigenvalue weighted by Crippen LogP contribution is -2.12. The molecule has 162 valence electrons. The highest BCUT2D eigenvalue weighted by molar-refractivity contribution is 5.94. The van der Waals surface area contributed by atoms with Crippen LogP contribution in [-0.4, -0.2) is 37.1 Å². The third-order valence-electron chi connectivity index (χ3n) is 3.93. The number of hydrogen-bond acceptors (Lipinski definition) is 8. The molecule has 2 aromatic carbocycles. The van der Waals surface area contributed by atoms with Crippen LogP contribution in [-0.2, 0) is 14.3 Å². The van der Waals surface area contributed by atoms with Gasteiger partial charge in [-0.3, -0.25) is 4.79 Å². The third-order valence-corrected chi connectivity index (χ3v) is 3.93. The Kier molecular flexibility index (Phi) is 8.97. The van der Waals surface area contributed by atoms with Gasteiger partial charge in [0.2, 0.25) is 0 Å². The summed E-state index contributed by atoms with van der Waals surface area (Å²) in [6.07, 6.45) is 1.22. The van der Waals surface area contributed by atoms with Crippen LogP contribution >= 0.6 is 0 Å². The van der Waals surface area contributed by atoms with Crippen molar-refractivity contribution < 1.29 is 38.1 Å². The van der Waals surface area contributed by atoms with Crippen LogP contribution in [0.15, 0.2) is 61.2 Å². The number of carbonyl (C=O) groups is 4. The zero-order valence-corrected chi connectivity index (χ0v) is 17.0. The number of benzene rings is 2. The van der Waals surface area contributed by atoms with E-state index in [1.165, 1.54) is 43.3 Å². The van der Waals surface area contributed by atoms with Gasteiger partial charge in [0.25, 0.3) is 0 Å². The first kappa shape index (κ1) is 23.3.